The van der Waals surface area contributed by atoms with Gasteiger partial charge in [0.05, 0.1) is 6.33 Å². The molecule has 1 aliphatic rings. The van der Waals surface area contributed by atoms with Gasteiger partial charge >= 0.3 is 0 Å². The third-order valence-electron chi connectivity index (χ3n) is 3.69. The molecule has 1 aromatic heterocycles. The second-order valence-corrected chi connectivity index (χ2v) is 5.39. The molecule has 5 nitrogen and oxygen atoms in total. The highest BCUT2D eigenvalue weighted by molar-refractivity contribution is 14.0. The van der Waals surface area contributed by atoms with Gasteiger partial charge in [-0.2, -0.15) is 0 Å². The smallest absolute Gasteiger partial charge is 0.191 e. The van der Waals surface area contributed by atoms with Gasteiger partial charge in [0.25, 0.3) is 0 Å². The summed E-state index contributed by atoms with van der Waals surface area (Å²) in [5, 5.41) is 6.91. The minimum absolute atomic E-state index is 0. The SMILES string of the molecule is CCNC(=NCCCn1ccnc1)NC1CCCCC1.I. The molecule has 0 radical (unpaired) electrons. The number of aromatic nitrogens is 2. The largest absolute Gasteiger partial charge is 0.357 e. The summed E-state index contributed by atoms with van der Waals surface area (Å²) in [5.41, 5.74) is 0. The Morgan fingerprint density at radius 2 is 2.14 bits per heavy atom. The molecule has 2 rings (SSSR count). The monoisotopic (exact) mass is 405 g/mol. The van der Waals surface area contributed by atoms with Gasteiger partial charge in [0.1, 0.15) is 0 Å². The lowest BCUT2D eigenvalue weighted by molar-refractivity contribution is 0.410. The number of nitrogens with one attached hydrogen (secondary N) is 2. The molecule has 1 saturated carbocycles. The van der Waals surface area contributed by atoms with Gasteiger partial charge in [-0.05, 0) is 26.2 Å². The number of nitrogens with zero attached hydrogens (tertiary/aromatic N) is 3. The Kier molecular flexibility index (Phi) is 9.45. The third-order valence-corrected chi connectivity index (χ3v) is 3.69. The van der Waals surface area contributed by atoms with Gasteiger partial charge in [0, 0.05) is 38.1 Å². The Morgan fingerprint density at radius 1 is 1.33 bits per heavy atom. The fraction of sp³-hybridized carbons (Fsp3) is 0.733. The maximum atomic E-state index is 4.67. The van der Waals surface area contributed by atoms with Crippen LogP contribution in [0.25, 0.3) is 0 Å². The highest BCUT2D eigenvalue weighted by atomic mass is 127. The molecule has 0 spiro atoms. The van der Waals surface area contributed by atoms with Crippen molar-refractivity contribution in [2.75, 3.05) is 13.1 Å². The fourth-order valence-corrected chi connectivity index (χ4v) is 2.62. The molecule has 120 valence electrons. The van der Waals surface area contributed by atoms with Crippen LogP contribution in [0.15, 0.2) is 23.7 Å². The molecule has 0 saturated heterocycles. The standard InChI is InChI=1S/C15H27N5.HI/c1-2-17-15(19-14-7-4-3-5-8-14)18-9-6-11-20-12-10-16-13-20;/h10,12-14H,2-9,11H2,1H3,(H2,17,18,19);1H. The Bertz CT molecular complexity index is 385. The minimum Gasteiger partial charge on any atom is -0.357 e. The fourth-order valence-electron chi connectivity index (χ4n) is 2.62. The van der Waals surface area contributed by atoms with Crippen molar-refractivity contribution in [1.29, 1.82) is 0 Å². The van der Waals surface area contributed by atoms with Crippen LogP contribution in [-0.2, 0) is 6.54 Å². The third kappa shape index (κ3) is 7.15. The lowest BCUT2D eigenvalue weighted by Crippen LogP contribution is -2.44. The van der Waals surface area contributed by atoms with Crippen molar-refractivity contribution >= 4 is 29.9 Å². The van der Waals surface area contributed by atoms with Crippen LogP contribution in [0.4, 0.5) is 0 Å². The Morgan fingerprint density at radius 3 is 2.81 bits per heavy atom. The molecule has 0 aliphatic heterocycles. The van der Waals surface area contributed by atoms with E-state index < -0.39 is 0 Å². The first-order valence-electron chi connectivity index (χ1n) is 7.89. The zero-order valence-electron chi connectivity index (χ0n) is 12.9. The average Bonchev–Trinajstić information content (AvgIpc) is 2.98. The lowest BCUT2D eigenvalue weighted by atomic mass is 9.96. The summed E-state index contributed by atoms with van der Waals surface area (Å²) >= 11 is 0. The quantitative estimate of drug-likeness (QED) is 0.331. The van der Waals surface area contributed by atoms with E-state index in [0.29, 0.717) is 6.04 Å². The Balaban J connectivity index is 0.00000220. The second-order valence-electron chi connectivity index (χ2n) is 5.39. The van der Waals surface area contributed by atoms with Crippen molar-refractivity contribution in [2.24, 2.45) is 4.99 Å². The second kappa shape index (κ2) is 10.9. The van der Waals surface area contributed by atoms with Crippen molar-refractivity contribution in [3.05, 3.63) is 18.7 Å². The normalized spacial score (nSPS) is 16.3. The molecule has 0 unspecified atom stereocenters. The number of rotatable bonds is 6. The van der Waals surface area contributed by atoms with Crippen LogP contribution in [0.5, 0.6) is 0 Å². The van der Waals surface area contributed by atoms with Crippen molar-refractivity contribution in [2.45, 2.75) is 58.0 Å². The van der Waals surface area contributed by atoms with E-state index in [1.165, 1.54) is 32.1 Å². The summed E-state index contributed by atoms with van der Waals surface area (Å²) in [6.45, 7) is 4.86. The van der Waals surface area contributed by atoms with Crippen LogP contribution in [0.2, 0.25) is 0 Å². The van der Waals surface area contributed by atoms with Crippen molar-refractivity contribution in [3.8, 4) is 0 Å². The first-order valence-corrected chi connectivity index (χ1v) is 7.89. The minimum atomic E-state index is 0. The maximum Gasteiger partial charge on any atom is 0.191 e. The van der Waals surface area contributed by atoms with Crippen LogP contribution in [0, 0.1) is 0 Å². The number of hydrogen-bond donors (Lipinski definition) is 2. The van der Waals surface area contributed by atoms with E-state index in [4.69, 9.17) is 0 Å². The number of imidazole rings is 1. The van der Waals surface area contributed by atoms with Gasteiger partial charge < -0.3 is 15.2 Å². The van der Waals surface area contributed by atoms with E-state index in [9.17, 15) is 0 Å². The van der Waals surface area contributed by atoms with Gasteiger partial charge in [-0.15, -0.1) is 24.0 Å². The highest BCUT2D eigenvalue weighted by Crippen LogP contribution is 2.17. The molecule has 1 heterocycles. The number of aliphatic imine (C=N–C) groups is 1. The van der Waals surface area contributed by atoms with Gasteiger partial charge in [0.15, 0.2) is 5.96 Å². The molecule has 1 fully saturated rings. The Labute approximate surface area is 145 Å². The number of aryl methyl sites for hydroxylation is 1. The molecule has 0 amide bonds. The van der Waals surface area contributed by atoms with E-state index in [2.05, 4.69) is 32.1 Å². The maximum absolute atomic E-state index is 4.67. The van der Waals surface area contributed by atoms with Crippen molar-refractivity contribution in [1.82, 2.24) is 20.2 Å². The van der Waals surface area contributed by atoms with E-state index in [1.807, 2.05) is 18.7 Å². The molecule has 21 heavy (non-hydrogen) atoms. The topological polar surface area (TPSA) is 54.2 Å². The van der Waals surface area contributed by atoms with Crippen LogP contribution >= 0.6 is 24.0 Å². The summed E-state index contributed by atoms with van der Waals surface area (Å²) in [6, 6.07) is 0.607. The summed E-state index contributed by atoms with van der Waals surface area (Å²) in [4.78, 5) is 8.71. The number of halogens is 1. The lowest BCUT2D eigenvalue weighted by Gasteiger charge is -2.24. The molecule has 6 heteroatoms. The van der Waals surface area contributed by atoms with E-state index >= 15 is 0 Å². The molecule has 1 aliphatic carbocycles. The predicted octanol–water partition coefficient (Wildman–Crippen LogP) is 2.78. The zero-order chi connectivity index (χ0) is 14.0. The molecular weight excluding hydrogens is 377 g/mol. The van der Waals surface area contributed by atoms with Crippen LogP contribution in [0.1, 0.15) is 45.4 Å². The average molecular weight is 405 g/mol. The molecule has 2 N–H and O–H groups in total. The molecule has 1 aromatic rings. The Hall–Kier alpha value is -0.790. The molecular formula is C15H28IN5. The first-order chi connectivity index (χ1) is 9.88. The zero-order valence-corrected chi connectivity index (χ0v) is 15.3. The molecule has 0 atom stereocenters. The van der Waals surface area contributed by atoms with Gasteiger partial charge in [-0.3, -0.25) is 4.99 Å². The van der Waals surface area contributed by atoms with E-state index in [1.54, 1.807) is 0 Å². The molecule has 0 bridgehead atoms. The summed E-state index contributed by atoms with van der Waals surface area (Å²) in [7, 11) is 0. The number of hydrogen-bond acceptors (Lipinski definition) is 2. The van der Waals surface area contributed by atoms with E-state index in [0.717, 1.165) is 32.0 Å². The van der Waals surface area contributed by atoms with Gasteiger partial charge in [-0.1, -0.05) is 19.3 Å². The highest BCUT2D eigenvalue weighted by Gasteiger charge is 2.14. The van der Waals surface area contributed by atoms with Gasteiger partial charge in [-0.25, -0.2) is 4.98 Å². The van der Waals surface area contributed by atoms with Crippen LogP contribution < -0.4 is 10.6 Å². The van der Waals surface area contributed by atoms with E-state index in [-0.39, 0.29) is 24.0 Å². The van der Waals surface area contributed by atoms with Gasteiger partial charge in [0.2, 0.25) is 0 Å². The van der Waals surface area contributed by atoms with Crippen LogP contribution in [0.3, 0.4) is 0 Å². The summed E-state index contributed by atoms with van der Waals surface area (Å²) in [6.07, 6.45) is 13.3. The summed E-state index contributed by atoms with van der Waals surface area (Å²) < 4.78 is 2.09. The summed E-state index contributed by atoms with van der Waals surface area (Å²) in [5.74, 6) is 0.977. The van der Waals surface area contributed by atoms with Crippen molar-refractivity contribution in [3.63, 3.8) is 0 Å². The van der Waals surface area contributed by atoms with Crippen molar-refractivity contribution < 1.29 is 0 Å². The molecule has 0 aromatic carbocycles. The number of guanidine groups is 1. The van der Waals surface area contributed by atoms with Crippen LogP contribution in [-0.4, -0.2) is 34.6 Å². The predicted molar refractivity (Wildman–Crippen MR) is 98.2 cm³/mol. The first kappa shape index (κ1) is 18.3.